The molecule has 16 heavy (non-hydrogen) atoms. The molecule has 0 radical (unpaired) electrons. The van der Waals surface area contributed by atoms with Crippen LogP contribution in [0, 0.1) is 4.77 Å². The van der Waals surface area contributed by atoms with E-state index in [2.05, 4.69) is 20.8 Å². The zero-order chi connectivity index (χ0) is 11.0. The van der Waals surface area contributed by atoms with Gasteiger partial charge in [-0.1, -0.05) is 6.07 Å². The summed E-state index contributed by atoms with van der Waals surface area (Å²) in [5.41, 5.74) is 0. The highest BCUT2D eigenvalue weighted by molar-refractivity contribution is 7.71. The highest BCUT2D eigenvalue weighted by Gasteiger charge is 2.22. The second kappa shape index (κ2) is 4.12. The number of rotatable bonds is 2. The maximum absolute atomic E-state index is 5.40. The van der Waals surface area contributed by atoms with Crippen molar-refractivity contribution in [2.45, 2.75) is 12.5 Å². The molecule has 1 aliphatic heterocycles. The van der Waals surface area contributed by atoms with Gasteiger partial charge >= 0.3 is 0 Å². The number of nitrogens with one attached hydrogen (secondary N) is 1. The Hall–Kier alpha value is -0.980. The van der Waals surface area contributed by atoms with E-state index in [0.717, 1.165) is 30.3 Å². The lowest BCUT2D eigenvalue weighted by atomic mass is 10.2. The molecule has 6 heteroatoms. The third-order valence-electron chi connectivity index (χ3n) is 2.72. The molecule has 1 saturated heterocycles. The Labute approximate surface area is 102 Å². The molecular formula is C10H11N3OS2. The van der Waals surface area contributed by atoms with Crippen LogP contribution < -0.4 is 0 Å². The predicted octanol–water partition coefficient (Wildman–Crippen LogP) is 2.63. The fourth-order valence-corrected chi connectivity index (χ4v) is 2.94. The number of H-pyrrole nitrogens is 1. The second-order valence-corrected chi connectivity index (χ2v) is 5.05. The van der Waals surface area contributed by atoms with Crippen LogP contribution in [0.25, 0.3) is 10.7 Å². The largest absolute Gasteiger partial charge is 0.379 e. The Balaban J connectivity index is 2.09. The average molecular weight is 253 g/mol. The second-order valence-electron chi connectivity index (χ2n) is 3.72. The number of thiophene rings is 1. The predicted molar refractivity (Wildman–Crippen MR) is 65.2 cm³/mol. The van der Waals surface area contributed by atoms with E-state index in [1.165, 1.54) is 0 Å². The van der Waals surface area contributed by atoms with Gasteiger partial charge in [-0.15, -0.1) is 11.3 Å². The fourth-order valence-electron chi connectivity index (χ4n) is 1.95. The smallest absolute Gasteiger partial charge is 0.195 e. The highest BCUT2D eigenvalue weighted by Crippen LogP contribution is 2.28. The summed E-state index contributed by atoms with van der Waals surface area (Å²) >= 11 is 6.95. The standard InChI is InChI=1S/C10H11N3OS2/c15-10-12-11-9(8-2-1-5-16-8)13(10)7-3-4-14-6-7/h1-2,5,7H,3-4,6H2,(H,12,15). The molecular weight excluding hydrogens is 242 g/mol. The van der Waals surface area contributed by atoms with E-state index in [1.54, 1.807) is 11.3 Å². The van der Waals surface area contributed by atoms with Gasteiger partial charge < -0.3 is 4.74 Å². The van der Waals surface area contributed by atoms with Crippen molar-refractivity contribution in [3.8, 4) is 10.7 Å². The summed E-state index contributed by atoms with van der Waals surface area (Å²) in [7, 11) is 0. The van der Waals surface area contributed by atoms with Gasteiger partial charge in [0.15, 0.2) is 10.6 Å². The van der Waals surface area contributed by atoms with Crippen LogP contribution in [-0.2, 0) is 4.74 Å². The van der Waals surface area contributed by atoms with Gasteiger partial charge in [0.05, 0.1) is 17.5 Å². The molecule has 0 saturated carbocycles. The molecule has 4 nitrogen and oxygen atoms in total. The molecule has 2 aromatic heterocycles. The van der Waals surface area contributed by atoms with Crippen LogP contribution in [0.1, 0.15) is 12.5 Å². The minimum Gasteiger partial charge on any atom is -0.379 e. The molecule has 0 aromatic carbocycles. The molecule has 0 aliphatic carbocycles. The molecule has 1 fully saturated rings. The first-order valence-corrected chi connectivity index (χ1v) is 6.43. The molecule has 1 atom stereocenters. The van der Waals surface area contributed by atoms with Crippen LogP contribution in [0.2, 0.25) is 0 Å². The first-order chi connectivity index (χ1) is 7.86. The Bertz CT molecular complexity index is 523. The van der Waals surface area contributed by atoms with Crippen molar-refractivity contribution in [1.82, 2.24) is 14.8 Å². The van der Waals surface area contributed by atoms with Gasteiger partial charge in [0.2, 0.25) is 0 Å². The van der Waals surface area contributed by atoms with Gasteiger partial charge in [-0.2, -0.15) is 5.10 Å². The Kier molecular flexibility index (Phi) is 2.62. The maximum atomic E-state index is 5.40. The van der Waals surface area contributed by atoms with Crippen molar-refractivity contribution < 1.29 is 4.74 Å². The van der Waals surface area contributed by atoms with Gasteiger partial charge in [0, 0.05) is 6.61 Å². The summed E-state index contributed by atoms with van der Waals surface area (Å²) in [6.07, 6.45) is 1.01. The van der Waals surface area contributed by atoms with Crippen LogP contribution in [0.5, 0.6) is 0 Å². The fraction of sp³-hybridized carbons (Fsp3) is 0.400. The number of hydrogen-bond acceptors (Lipinski definition) is 4. The van der Waals surface area contributed by atoms with Gasteiger partial charge in [-0.3, -0.25) is 9.67 Å². The van der Waals surface area contributed by atoms with Crippen molar-refractivity contribution >= 4 is 23.6 Å². The number of hydrogen-bond donors (Lipinski definition) is 1. The Morgan fingerprint density at radius 1 is 1.62 bits per heavy atom. The van der Waals surface area contributed by atoms with E-state index < -0.39 is 0 Å². The molecule has 0 amide bonds. The molecule has 0 spiro atoms. The number of aromatic nitrogens is 3. The van der Waals surface area contributed by atoms with Crippen molar-refractivity contribution in [1.29, 1.82) is 0 Å². The van der Waals surface area contributed by atoms with E-state index in [0.29, 0.717) is 10.8 Å². The van der Waals surface area contributed by atoms with E-state index in [1.807, 2.05) is 11.4 Å². The topological polar surface area (TPSA) is 42.8 Å². The van der Waals surface area contributed by atoms with Crippen LogP contribution in [0.4, 0.5) is 0 Å². The summed E-state index contributed by atoms with van der Waals surface area (Å²) < 4.78 is 8.16. The van der Waals surface area contributed by atoms with Crippen LogP contribution in [-0.4, -0.2) is 28.0 Å². The molecule has 1 unspecified atom stereocenters. The highest BCUT2D eigenvalue weighted by atomic mass is 32.1. The Morgan fingerprint density at radius 3 is 3.25 bits per heavy atom. The summed E-state index contributed by atoms with van der Waals surface area (Å²) in [6, 6.07) is 4.40. The first kappa shape index (κ1) is 10.2. The van der Waals surface area contributed by atoms with Crippen molar-refractivity contribution in [2.75, 3.05) is 13.2 Å². The van der Waals surface area contributed by atoms with E-state index in [9.17, 15) is 0 Å². The zero-order valence-corrected chi connectivity index (χ0v) is 10.2. The monoisotopic (exact) mass is 253 g/mol. The molecule has 0 bridgehead atoms. The minimum absolute atomic E-state index is 0.323. The third kappa shape index (κ3) is 1.63. The van der Waals surface area contributed by atoms with Crippen LogP contribution in [0.3, 0.4) is 0 Å². The zero-order valence-electron chi connectivity index (χ0n) is 8.55. The number of aromatic amines is 1. The lowest BCUT2D eigenvalue weighted by molar-refractivity contribution is 0.186. The average Bonchev–Trinajstić information content (AvgIpc) is 2.96. The summed E-state index contributed by atoms with van der Waals surface area (Å²) in [5.74, 6) is 0.926. The molecule has 2 aromatic rings. The third-order valence-corrected chi connectivity index (χ3v) is 3.87. The molecule has 1 aliphatic rings. The Morgan fingerprint density at radius 2 is 2.56 bits per heavy atom. The van der Waals surface area contributed by atoms with Gasteiger partial charge in [0.1, 0.15) is 0 Å². The summed E-state index contributed by atoms with van der Waals surface area (Å²) in [4.78, 5) is 1.14. The van der Waals surface area contributed by atoms with Gasteiger partial charge in [-0.25, -0.2) is 0 Å². The maximum Gasteiger partial charge on any atom is 0.195 e. The van der Waals surface area contributed by atoms with E-state index in [-0.39, 0.29) is 0 Å². The van der Waals surface area contributed by atoms with Crippen molar-refractivity contribution in [3.63, 3.8) is 0 Å². The number of ether oxygens (including phenoxy) is 1. The van der Waals surface area contributed by atoms with E-state index in [4.69, 9.17) is 17.0 Å². The normalized spacial score (nSPS) is 20.4. The molecule has 84 valence electrons. The number of nitrogens with zero attached hydrogens (tertiary/aromatic N) is 2. The molecule has 3 heterocycles. The van der Waals surface area contributed by atoms with Crippen molar-refractivity contribution in [3.05, 3.63) is 22.3 Å². The van der Waals surface area contributed by atoms with Gasteiger partial charge in [0.25, 0.3) is 0 Å². The quantitative estimate of drug-likeness (QED) is 0.837. The lowest BCUT2D eigenvalue weighted by Crippen LogP contribution is -2.10. The SMILES string of the molecule is S=c1[nH]nc(-c2cccs2)n1C1CCOC1. The summed E-state index contributed by atoms with van der Waals surface area (Å²) in [5, 5.41) is 9.22. The van der Waals surface area contributed by atoms with Gasteiger partial charge in [-0.05, 0) is 30.1 Å². The molecule has 3 rings (SSSR count). The van der Waals surface area contributed by atoms with Crippen LogP contribution in [0.15, 0.2) is 17.5 Å². The lowest BCUT2D eigenvalue weighted by Gasteiger charge is -2.11. The minimum atomic E-state index is 0.323. The molecule has 1 N–H and O–H groups in total. The first-order valence-electron chi connectivity index (χ1n) is 5.15. The summed E-state index contributed by atoms with van der Waals surface area (Å²) in [6.45, 7) is 1.54. The van der Waals surface area contributed by atoms with Crippen LogP contribution >= 0.6 is 23.6 Å². The van der Waals surface area contributed by atoms with E-state index >= 15 is 0 Å². The van der Waals surface area contributed by atoms with Crippen molar-refractivity contribution in [2.24, 2.45) is 0 Å².